The molecule has 1 amide bonds. The molecule has 0 N–H and O–H groups in total. The van der Waals surface area contributed by atoms with Crippen LogP contribution in [0.4, 0.5) is 0 Å². The minimum absolute atomic E-state index is 0.0724. The lowest BCUT2D eigenvalue weighted by Crippen LogP contribution is -2.33. The molecule has 7 heteroatoms. The van der Waals surface area contributed by atoms with Crippen LogP contribution in [0.1, 0.15) is 41.6 Å². The van der Waals surface area contributed by atoms with Gasteiger partial charge in [-0.05, 0) is 49.4 Å². The van der Waals surface area contributed by atoms with Crippen LogP contribution in [-0.2, 0) is 16.6 Å². The molecule has 2 fully saturated rings. The monoisotopic (exact) mass is 414 g/mol. The van der Waals surface area contributed by atoms with Gasteiger partial charge in [-0.2, -0.15) is 4.31 Å². The van der Waals surface area contributed by atoms with Crippen LogP contribution >= 0.6 is 0 Å². The zero-order valence-electron chi connectivity index (χ0n) is 16.6. The van der Waals surface area contributed by atoms with Gasteiger partial charge in [0.15, 0.2) is 0 Å². The third kappa shape index (κ3) is 4.16. The second-order valence-corrected chi connectivity index (χ2v) is 9.53. The number of ether oxygens (including phenoxy) is 1. The molecule has 4 rings (SSSR count). The van der Waals surface area contributed by atoms with Crippen molar-refractivity contribution in [2.75, 3.05) is 20.2 Å². The molecular weight excluding hydrogens is 388 g/mol. The maximum Gasteiger partial charge on any atom is 0.254 e. The predicted octanol–water partition coefficient (Wildman–Crippen LogP) is 3.28. The molecule has 0 unspecified atom stereocenters. The first-order chi connectivity index (χ1) is 14.0. The van der Waals surface area contributed by atoms with Crippen LogP contribution in [0.5, 0.6) is 5.75 Å². The summed E-state index contributed by atoms with van der Waals surface area (Å²) in [4.78, 5) is 15.2. The minimum atomic E-state index is -3.69. The van der Waals surface area contributed by atoms with Crippen LogP contribution in [-0.4, -0.2) is 49.8 Å². The summed E-state index contributed by atoms with van der Waals surface area (Å²) in [7, 11) is -2.24. The van der Waals surface area contributed by atoms with Gasteiger partial charge in [0.2, 0.25) is 10.0 Å². The van der Waals surface area contributed by atoms with Crippen LogP contribution in [0.2, 0.25) is 0 Å². The standard InChI is InChI=1S/C22H26N2O4S/c1-28-20-12-9-18(15-21(20)29(26,27)23-13-5-6-14-23)22(25)24(19-10-11-19)16-17-7-3-2-4-8-17/h2-4,7-9,12,15,19H,5-6,10-11,13-14,16H2,1H3. The highest BCUT2D eigenvalue weighted by Gasteiger charge is 2.35. The highest BCUT2D eigenvalue weighted by atomic mass is 32.2. The summed E-state index contributed by atoms with van der Waals surface area (Å²) in [6.07, 6.45) is 3.67. The van der Waals surface area contributed by atoms with Gasteiger partial charge in [-0.1, -0.05) is 30.3 Å². The number of benzene rings is 2. The molecule has 1 saturated carbocycles. The number of hydrogen-bond donors (Lipinski definition) is 0. The number of carbonyl (C=O) groups excluding carboxylic acids is 1. The molecule has 1 saturated heterocycles. The normalized spacial score (nSPS) is 17.3. The maximum absolute atomic E-state index is 13.3. The van der Waals surface area contributed by atoms with Crippen molar-refractivity contribution < 1.29 is 17.9 Å². The average Bonchev–Trinajstić information content (AvgIpc) is 3.43. The molecule has 0 bridgehead atoms. The number of methoxy groups -OCH3 is 1. The van der Waals surface area contributed by atoms with Crippen molar-refractivity contribution >= 4 is 15.9 Å². The highest BCUT2D eigenvalue weighted by Crippen LogP contribution is 2.33. The summed E-state index contributed by atoms with van der Waals surface area (Å²) in [6.45, 7) is 1.53. The third-order valence-corrected chi connectivity index (χ3v) is 7.46. The molecule has 1 aliphatic heterocycles. The van der Waals surface area contributed by atoms with E-state index in [2.05, 4.69) is 0 Å². The van der Waals surface area contributed by atoms with Crippen molar-refractivity contribution in [1.29, 1.82) is 0 Å². The second-order valence-electron chi connectivity index (χ2n) is 7.63. The van der Waals surface area contributed by atoms with E-state index in [1.165, 1.54) is 17.5 Å². The van der Waals surface area contributed by atoms with Gasteiger partial charge in [-0.15, -0.1) is 0 Å². The Morgan fingerprint density at radius 3 is 2.41 bits per heavy atom. The summed E-state index contributed by atoms with van der Waals surface area (Å²) >= 11 is 0. The molecule has 1 aliphatic carbocycles. The van der Waals surface area contributed by atoms with E-state index in [4.69, 9.17) is 4.74 Å². The summed E-state index contributed by atoms with van der Waals surface area (Å²) in [5.74, 6) is 0.131. The van der Waals surface area contributed by atoms with Crippen molar-refractivity contribution in [2.45, 2.75) is 43.2 Å². The highest BCUT2D eigenvalue weighted by molar-refractivity contribution is 7.89. The molecule has 2 aromatic rings. The van der Waals surface area contributed by atoms with E-state index in [1.807, 2.05) is 35.2 Å². The first-order valence-electron chi connectivity index (χ1n) is 10.0. The number of sulfonamides is 1. The van der Waals surface area contributed by atoms with Crippen LogP contribution in [0.25, 0.3) is 0 Å². The van der Waals surface area contributed by atoms with Crippen LogP contribution in [0.3, 0.4) is 0 Å². The van der Waals surface area contributed by atoms with Gasteiger partial charge in [0.05, 0.1) is 7.11 Å². The van der Waals surface area contributed by atoms with Crippen molar-refractivity contribution in [3.8, 4) is 5.75 Å². The SMILES string of the molecule is COc1ccc(C(=O)N(Cc2ccccc2)C2CC2)cc1S(=O)(=O)N1CCCC1. The lowest BCUT2D eigenvalue weighted by Gasteiger charge is -2.24. The minimum Gasteiger partial charge on any atom is -0.495 e. The van der Waals surface area contributed by atoms with Gasteiger partial charge in [-0.25, -0.2) is 8.42 Å². The Hall–Kier alpha value is -2.38. The number of hydrogen-bond acceptors (Lipinski definition) is 4. The van der Waals surface area contributed by atoms with Crippen LogP contribution in [0, 0.1) is 0 Å². The third-order valence-electron chi connectivity index (χ3n) is 5.54. The first-order valence-corrected chi connectivity index (χ1v) is 11.5. The van der Waals surface area contributed by atoms with Gasteiger partial charge in [-0.3, -0.25) is 4.79 Å². The summed E-state index contributed by atoms with van der Waals surface area (Å²) in [5, 5.41) is 0. The van der Waals surface area contributed by atoms with E-state index < -0.39 is 10.0 Å². The van der Waals surface area contributed by atoms with Gasteiger partial charge in [0, 0.05) is 31.2 Å². The molecule has 0 radical (unpaired) electrons. The smallest absolute Gasteiger partial charge is 0.254 e. The van der Waals surface area contributed by atoms with Gasteiger partial charge < -0.3 is 9.64 Å². The van der Waals surface area contributed by atoms with Gasteiger partial charge in [0.1, 0.15) is 10.6 Å². The Balaban J connectivity index is 1.66. The number of amides is 1. The molecule has 0 aromatic heterocycles. The number of rotatable bonds is 7. The van der Waals surface area contributed by atoms with Crippen molar-refractivity contribution in [1.82, 2.24) is 9.21 Å². The van der Waals surface area contributed by atoms with Gasteiger partial charge in [0.25, 0.3) is 5.91 Å². The second kappa shape index (κ2) is 8.16. The van der Waals surface area contributed by atoms with E-state index in [1.54, 1.807) is 12.1 Å². The van der Waals surface area contributed by atoms with Gasteiger partial charge >= 0.3 is 0 Å². The van der Waals surface area contributed by atoms with E-state index in [9.17, 15) is 13.2 Å². The van der Waals surface area contributed by atoms with Crippen LogP contribution in [0.15, 0.2) is 53.4 Å². The molecule has 2 aromatic carbocycles. The Kier molecular flexibility index (Phi) is 5.61. The zero-order chi connectivity index (χ0) is 20.4. The molecule has 1 heterocycles. The molecule has 6 nitrogen and oxygen atoms in total. The Labute approximate surface area is 172 Å². The molecule has 154 valence electrons. The van der Waals surface area contributed by atoms with E-state index in [0.717, 1.165) is 31.2 Å². The summed E-state index contributed by atoms with van der Waals surface area (Å²) in [5.41, 5.74) is 1.44. The lowest BCUT2D eigenvalue weighted by atomic mass is 10.1. The Bertz CT molecular complexity index is 981. The van der Waals surface area contributed by atoms with E-state index in [-0.39, 0.29) is 22.6 Å². The maximum atomic E-state index is 13.3. The Morgan fingerprint density at radius 2 is 1.79 bits per heavy atom. The fourth-order valence-corrected chi connectivity index (χ4v) is 5.48. The molecular formula is C22H26N2O4S. The fraction of sp³-hybridized carbons (Fsp3) is 0.409. The largest absolute Gasteiger partial charge is 0.495 e. The quantitative estimate of drug-likeness (QED) is 0.697. The van der Waals surface area contributed by atoms with Crippen molar-refractivity contribution in [3.63, 3.8) is 0 Å². The predicted molar refractivity (Wildman–Crippen MR) is 110 cm³/mol. The lowest BCUT2D eigenvalue weighted by molar-refractivity contribution is 0.0729. The zero-order valence-corrected chi connectivity index (χ0v) is 17.4. The van der Waals surface area contributed by atoms with Crippen molar-refractivity contribution in [2.24, 2.45) is 0 Å². The molecule has 0 spiro atoms. The van der Waals surface area contributed by atoms with E-state index >= 15 is 0 Å². The number of carbonyl (C=O) groups is 1. The Morgan fingerprint density at radius 1 is 1.10 bits per heavy atom. The van der Waals surface area contributed by atoms with Crippen LogP contribution < -0.4 is 4.74 Å². The van der Waals surface area contributed by atoms with E-state index in [0.29, 0.717) is 25.2 Å². The molecule has 2 aliphatic rings. The average molecular weight is 415 g/mol. The topological polar surface area (TPSA) is 66.9 Å². The summed E-state index contributed by atoms with van der Waals surface area (Å²) in [6, 6.07) is 14.8. The molecule has 0 atom stereocenters. The summed E-state index contributed by atoms with van der Waals surface area (Å²) < 4.78 is 33.0. The van der Waals surface area contributed by atoms with Crippen molar-refractivity contribution in [3.05, 3.63) is 59.7 Å². The first kappa shape index (κ1) is 19.9. The molecule has 29 heavy (non-hydrogen) atoms. The number of nitrogens with zero attached hydrogens (tertiary/aromatic N) is 2. The fourth-order valence-electron chi connectivity index (χ4n) is 3.78.